The van der Waals surface area contributed by atoms with Gasteiger partial charge >= 0.3 is 0 Å². The lowest BCUT2D eigenvalue weighted by atomic mass is 10.1. The second kappa shape index (κ2) is 7.13. The number of carbonyl (C=O) groups is 1. The highest BCUT2D eigenvalue weighted by Gasteiger charge is 2.06. The Balaban J connectivity index is 1.44. The molecule has 2 N–H and O–H groups in total. The summed E-state index contributed by atoms with van der Waals surface area (Å²) in [5, 5.41) is 8.40. The van der Waals surface area contributed by atoms with Gasteiger partial charge in [-0.05, 0) is 31.4 Å². The van der Waals surface area contributed by atoms with Crippen LogP contribution in [0.25, 0.3) is 10.9 Å². The van der Waals surface area contributed by atoms with Crippen molar-refractivity contribution in [3.63, 3.8) is 0 Å². The Bertz CT molecular complexity index is 787. The molecule has 2 heterocycles. The Morgan fingerprint density at radius 3 is 3.04 bits per heavy atom. The first kappa shape index (κ1) is 15.3. The van der Waals surface area contributed by atoms with E-state index in [-0.39, 0.29) is 5.91 Å². The maximum atomic E-state index is 11.9. The van der Waals surface area contributed by atoms with E-state index < -0.39 is 0 Å². The van der Waals surface area contributed by atoms with Crippen LogP contribution in [0.5, 0.6) is 0 Å². The van der Waals surface area contributed by atoms with Crippen molar-refractivity contribution >= 4 is 16.8 Å². The number of aromatic nitrogens is 3. The summed E-state index contributed by atoms with van der Waals surface area (Å²) < 4.78 is 1.86. The van der Waals surface area contributed by atoms with E-state index in [1.165, 1.54) is 10.9 Å². The van der Waals surface area contributed by atoms with Crippen molar-refractivity contribution in [2.75, 3.05) is 0 Å². The van der Waals surface area contributed by atoms with Crippen molar-refractivity contribution in [2.24, 2.45) is 0 Å². The molecule has 0 saturated heterocycles. The van der Waals surface area contributed by atoms with Crippen molar-refractivity contribution in [3.8, 4) is 0 Å². The van der Waals surface area contributed by atoms with Gasteiger partial charge in [-0.25, -0.2) is 0 Å². The molecule has 0 bridgehead atoms. The fraction of sp³-hybridized carbons (Fsp3) is 0.333. The van der Waals surface area contributed by atoms with E-state index in [9.17, 15) is 4.79 Å². The van der Waals surface area contributed by atoms with E-state index in [4.69, 9.17) is 0 Å². The van der Waals surface area contributed by atoms with Crippen LogP contribution < -0.4 is 5.32 Å². The monoisotopic (exact) mass is 310 g/mol. The average molecular weight is 310 g/mol. The Kier molecular flexibility index (Phi) is 4.76. The predicted octanol–water partition coefficient (Wildman–Crippen LogP) is 3.02. The summed E-state index contributed by atoms with van der Waals surface area (Å²) in [6.45, 7) is 3.44. The van der Waals surface area contributed by atoms with Crippen molar-refractivity contribution in [1.29, 1.82) is 0 Å². The Morgan fingerprint density at radius 1 is 1.35 bits per heavy atom. The molecule has 120 valence electrons. The molecular weight excluding hydrogens is 288 g/mol. The van der Waals surface area contributed by atoms with Gasteiger partial charge in [-0.1, -0.05) is 18.2 Å². The van der Waals surface area contributed by atoms with Crippen LogP contribution in [-0.4, -0.2) is 20.7 Å². The van der Waals surface area contributed by atoms with Gasteiger partial charge in [0.15, 0.2) is 0 Å². The first-order valence-electron chi connectivity index (χ1n) is 8.09. The molecule has 1 aromatic carbocycles. The third-order valence-corrected chi connectivity index (χ3v) is 4.03. The van der Waals surface area contributed by atoms with Crippen molar-refractivity contribution in [3.05, 3.63) is 54.0 Å². The highest BCUT2D eigenvalue weighted by molar-refractivity contribution is 5.83. The van der Waals surface area contributed by atoms with Crippen LogP contribution in [0.2, 0.25) is 0 Å². The molecule has 0 fully saturated rings. The highest BCUT2D eigenvalue weighted by Crippen LogP contribution is 2.19. The van der Waals surface area contributed by atoms with E-state index in [1.807, 2.05) is 36.1 Å². The van der Waals surface area contributed by atoms with Crippen LogP contribution >= 0.6 is 0 Å². The number of para-hydroxylation sites is 1. The number of fused-ring (bicyclic) bond motifs is 1. The molecule has 5 heteroatoms. The number of aryl methyl sites for hydroxylation is 2. The summed E-state index contributed by atoms with van der Waals surface area (Å²) in [6.07, 6.45) is 8.11. The summed E-state index contributed by atoms with van der Waals surface area (Å²) in [7, 11) is 0. The minimum Gasteiger partial charge on any atom is -0.361 e. The lowest BCUT2D eigenvalue weighted by Crippen LogP contribution is -2.22. The van der Waals surface area contributed by atoms with Crippen LogP contribution in [0.3, 0.4) is 0 Å². The maximum Gasteiger partial charge on any atom is 0.220 e. The van der Waals surface area contributed by atoms with E-state index in [1.54, 1.807) is 6.20 Å². The molecule has 2 aromatic heterocycles. The van der Waals surface area contributed by atoms with Gasteiger partial charge in [-0.2, -0.15) is 5.10 Å². The molecule has 0 aliphatic carbocycles. The lowest BCUT2D eigenvalue weighted by Gasteiger charge is -2.03. The third-order valence-electron chi connectivity index (χ3n) is 4.03. The van der Waals surface area contributed by atoms with Gasteiger partial charge in [0.25, 0.3) is 0 Å². The smallest absolute Gasteiger partial charge is 0.220 e. The Labute approximate surface area is 135 Å². The summed E-state index contributed by atoms with van der Waals surface area (Å²) in [5.74, 6) is 0.0917. The van der Waals surface area contributed by atoms with E-state index in [0.717, 1.165) is 30.5 Å². The number of benzene rings is 1. The lowest BCUT2D eigenvalue weighted by molar-refractivity contribution is -0.121. The zero-order valence-corrected chi connectivity index (χ0v) is 13.4. The SMILES string of the molecule is CCn1cc(CNC(=O)CCCc2c[nH]c3ccccc23)cn1. The second-order valence-corrected chi connectivity index (χ2v) is 5.69. The van der Waals surface area contributed by atoms with Gasteiger partial charge in [0.2, 0.25) is 5.91 Å². The van der Waals surface area contributed by atoms with Crippen LogP contribution in [0.15, 0.2) is 42.9 Å². The first-order valence-corrected chi connectivity index (χ1v) is 8.09. The number of hydrogen-bond donors (Lipinski definition) is 2. The quantitative estimate of drug-likeness (QED) is 0.704. The molecule has 0 aliphatic heterocycles. The molecule has 5 nitrogen and oxygen atoms in total. The highest BCUT2D eigenvalue weighted by atomic mass is 16.1. The number of nitrogens with zero attached hydrogens (tertiary/aromatic N) is 2. The molecule has 0 atom stereocenters. The average Bonchev–Trinajstić information content (AvgIpc) is 3.20. The molecule has 0 radical (unpaired) electrons. The number of rotatable bonds is 7. The number of aromatic amines is 1. The molecule has 0 unspecified atom stereocenters. The number of amides is 1. The van der Waals surface area contributed by atoms with Gasteiger partial charge in [0, 0.05) is 48.4 Å². The van der Waals surface area contributed by atoms with Gasteiger partial charge in [0.05, 0.1) is 6.20 Å². The summed E-state index contributed by atoms with van der Waals surface area (Å²) in [6, 6.07) is 8.26. The van der Waals surface area contributed by atoms with E-state index >= 15 is 0 Å². The van der Waals surface area contributed by atoms with Gasteiger partial charge in [0.1, 0.15) is 0 Å². The Hall–Kier alpha value is -2.56. The third kappa shape index (κ3) is 3.80. The largest absolute Gasteiger partial charge is 0.361 e. The van der Waals surface area contributed by atoms with Crippen LogP contribution in [0.4, 0.5) is 0 Å². The molecular formula is C18H22N4O. The fourth-order valence-electron chi connectivity index (χ4n) is 2.74. The number of carbonyl (C=O) groups excluding carboxylic acids is 1. The standard InChI is InChI=1S/C18H22N4O/c1-2-22-13-14(11-21-22)10-20-18(23)9-5-6-15-12-19-17-8-4-3-7-16(15)17/h3-4,7-8,11-13,19H,2,5-6,9-10H2,1H3,(H,20,23). The topological polar surface area (TPSA) is 62.7 Å². The zero-order valence-electron chi connectivity index (χ0n) is 13.4. The van der Waals surface area contributed by atoms with Crippen LogP contribution in [-0.2, 0) is 24.3 Å². The van der Waals surface area contributed by atoms with Crippen molar-refractivity contribution in [2.45, 2.75) is 39.3 Å². The normalized spacial score (nSPS) is 11.0. The molecule has 3 aromatic rings. The van der Waals surface area contributed by atoms with Crippen molar-refractivity contribution < 1.29 is 4.79 Å². The number of H-pyrrole nitrogens is 1. The zero-order chi connectivity index (χ0) is 16.1. The predicted molar refractivity (Wildman–Crippen MR) is 91.0 cm³/mol. The molecule has 0 spiro atoms. The maximum absolute atomic E-state index is 11.9. The summed E-state index contributed by atoms with van der Waals surface area (Å²) in [5.41, 5.74) is 3.47. The van der Waals surface area contributed by atoms with E-state index in [2.05, 4.69) is 27.5 Å². The molecule has 23 heavy (non-hydrogen) atoms. The van der Waals surface area contributed by atoms with Crippen LogP contribution in [0.1, 0.15) is 30.9 Å². The van der Waals surface area contributed by atoms with Gasteiger partial charge in [-0.3, -0.25) is 9.48 Å². The number of nitrogens with one attached hydrogen (secondary N) is 2. The van der Waals surface area contributed by atoms with Gasteiger partial charge in [-0.15, -0.1) is 0 Å². The number of hydrogen-bond acceptors (Lipinski definition) is 2. The van der Waals surface area contributed by atoms with Crippen LogP contribution in [0, 0.1) is 0 Å². The van der Waals surface area contributed by atoms with Crippen molar-refractivity contribution in [1.82, 2.24) is 20.1 Å². The summed E-state index contributed by atoms with van der Waals surface area (Å²) in [4.78, 5) is 15.2. The molecule has 1 amide bonds. The minimum absolute atomic E-state index is 0.0917. The fourth-order valence-corrected chi connectivity index (χ4v) is 2.74. The van der Waals surface area contributed by atoms with Gasteiger partial charge < -0.3 is 10.3 Å². The Morgan fingerprint density at radius 2 is 2.22 bits per heavy atom. The molecule has 0 saturated carbocycles. The first-order chi connectivity index (χ1) is 11.3. The minimum atomic E-state index is 0.0917. The van der Waals surface area contributed by atoms with E-state index in [0.29, 0.717) is 13.0 Å². The molecule has 0 aliphatic rings. The summed E-state index contributed by atoms with van der Waals surface area (Å²) >= 11 is 0. The second-order valence-electron chi connectivity index (χ2n) is 5.69. The molecule has 3 rings (SSSR count).